The van der Waals surface area contributed by atoms with E-state index in [4.69, 9.17) is 4.74 Å². The third-order valence-corrected chi connectivity index (χ3v) is 3.39. The highest BCUT2D eigenvalue weighted by Gasteiger charge is 2.11. The Labute approximate surface area is 155 Å². The molecule has 27 heavy (non-hydrogen) atoms. The summed E-state index contributed by atoms with van der Waals surface area (Å²) in [4.78, 5) is 23.7. The van der Waals surface area contributed by atoms with Crippen LogP contribution in [0.1, 0.15) is 23.7 Å². The fourth-order valence-electron chi connectivity index (χ4n) is 2.15. The number of benzene rings is 2. The number of nitrogens with one attached hydrogen (secondary N) is 2. The number of amides is 1. The summed E-state index contributed by atoms with van der Waals surface area (Å²) in [6.45, 7) is -0.814. The molecule has 2 rings (SSSR count). The summed E-state index contributed by atoms with van der Waals surface area (Å²) in [5, 5.41) is 5.39. The minimum absolute atomic E-state index is 0.0946. The molecule has 0 saturated heterocycles. The largest absolute Gasteiger partial charge is 0.462 e. The molecule has 0 aromatic heterocycles. The van der Waals surface area contributed by atoms with Gasteiger partial charge < -0.3 is 20.1 Å². The molecule has 1 amide bonds. The van der Waals surface area contributed by atoms with Gasteiger partial charge >= 0.3 is 12.6 Å². The van der Waals surface area contributed by atoms with Gasteiger partial charge in [0.2, 0.25) is 5.91 Å². The van der Waals surface area contributed by atoms with Crippen LogP contribution in [-0.4, -0.2) is 31.6 Å². The normalized spacial score (nSPS) is 10.4. The molecule has 0 atom stereocenters. The smallest absolute Gasteiger partial charge is 0.387 e. The minimum atomic E-state index is -2.98. The highest BCUT2D eigenvalue weighted by Crippen LogP contribution is 2.25. The summed E-state index contributed by atoms with van der Waals surface area (Å²) in [6, 6.07) is 12.4. The lowest BCUT2D eigenvalue weighted by atomic mass is 10.2. The predicted octanol–water partition coefficient (Wildman–Crippen LogP) is 3.91. The minimum Gasteiger partial charge on any atom is -0.462 e. The molecule has 2 N–H and O–H groups in total. The standard InChI is InChI=1S/C19H20F2N2O4/c1-2-11-26-18(25)13-7-9-14(10-8-13)22-12-17(24)23-15-5-3-4-6-16(15)27-19(20)21/h3-10,19,22H,2,11-12H2,1H3,(H,23,24). The summed E-state index contributed by atoms with van der Waals surface area (Å²) in [6.07, 6.45) is 0.742. The lowest BCUT2D eigenvalue weighted by Crippen LogP contribution is -2.22. The SMILES string of the molecule is CCCOC(=O)c1ccc(NCC(=O)Nc2ccccc2OC(F)F)cc1. The van der Waals surface area contributed by atoms with Crippen LogP contribution in [0.15, 0.2) is 48.5 Å². The predicted molar refractivity (Wildman–Crippen MR) is 97.2 cm³/mol. The molecule has 2 aromatic carbocycles. The van der Waals surface area contributed by atoms with Gasteiger partial charge in [0, 0.05) is 5.69 Å². The molecule has 0 aliphatic carbocycles. The van der Waals surface area contributed by atoms with Crippen LogP contribution < -0.4 is 15.4 Å². The van der Waals surface area contributed by atoms with E-state index in [1.807, 2.05) is 6.92 Å². The number of ether oxygens (including phenoxy) is 2. The molecular formula is C19H20F2N2O4. The van der Waals surface area contributed by atoms with Crippen molar-refractivity contribution < 1.29 is 27.8 Å². The van der Waals surface area contributed by atoms with E-state index in [9.17, 15) is 18.4 Å². The topological polar surface area (TPSA) is 76.7 Å². The molecule has 0 fully saturated rings. The van der Waals surface area contributed by atoms with Crippen molar-refractivity contribution in [3.8, 4) is 5.75 Å². The van der Waals surface area contributed by atoms with Crippen molar-refractivity contribution in [3.63, 3.8) is 0 Å². The summed E-state index contributed by atoms with van der Waals surface area (Å²) < 4.78 is 34.2. The van der Waals surface area contributed by atoms with Crippen molar-refractivity contribution in [1.82, 2.24) is 0 Å². The number of alkyl halides is 2. The molecule has 8 heteroatoms. The Kier molecular flexibility index (Phi) is 7.54. The number of anilines is 2. The average molecular weight is 378 g/mol. The Morgan fingerprint density at radius 2 is 1.78 bits per heavy atom. The van der Waals surface area contributed by atoms with Crippen LogP contribution >= 0.6 is 0 Å². The molecule has 2 aromatic rings. The van der Waals surface area contributed by atoms with E-state index in [1.165, 1.54) is 18.2 Å². The van der Waals surface area contributed by atoms with Gasteiger partial charge in [-0.15, -0.1) is 0 Å². The molecule has 0 spiro atoms. The molecule has 0 aliphatic heterocycles. The van der Waals surface area contributed by atoms with E-state index < -0.39 is 18.5 Å². The summed E-state index contributed by atoms with van der Waals surface area (Å²) >= 11 is 0. The highest BCUT2D eigenvalue weighted by atomic mass is 19.3. The number of hydrogen-bond acceptors (Lipinski definition) is 5. The number of para-hydroxylation sites is 2. The fourth-order valence-corrected chi connectivity index (χ4v) is 2.15. The fraction of sp³-hybridized carbons (Fsp3) is 0.263. The maximum atomic E-state index is 12.4. The summed E-state index contributed by atoms with van der Waals surface area (Å²) in [5.74, 6) is -0.959. The first kappa shape index (κ1) is 20.2. The Bertz CT molecular complexity index is 767. The molecule has 0 saturated carbocycles. The molecule has 0 unspecified atom stereocenters. The van der Waals surface area contributed by atoms with E-state index in [0.717, 1.165) is 6.42 Å². The molecule has 0 aliphatic rings. The van der Waals surface area contributed by atoms with Gasteiger partial charge in [-0.2, -0.15) is 8.78 Å². The first-order valence-electron chi connectivity index (χ1n) is 8.34. The monoisotopic (exact) mass is 378 g/mol. The second-order valence-electron chi connectivity index (χ2n) is 5.49. The van der Waals surface area contributed by atoms with Crippen molar-refractivity contribution >= 4 is 23.3 Å². The Hall–Kier alpha value is -3.16. The molecule has 0 radical (unpaired) electrons. The highest BCUT2D eigenvalue weighted by molar-refractivity contribution is 5.95. The maximum absolute atomic E-state index is 12.4. The Balaban J connectivity index is 1.88. The number of carbonyl (C=O) groups excluding carboxylic acids is 2. The number of hydrogen-bond donors (Lipinski definition) is 2. The van der Waals surface area contributed by atoms with Crippen molar-refractivity contribution in [1.29, 1.82) is 0 Å². The zero-order valence-corrected chi connectivity index (χ0v) is 14.7. The van der Waals surface area contributed by atoms with Crippen molar-refractivity contribution in [2.45, 2.75) is 20.0 Å². The van der Waals surface area contributed by atoms with Crippen LogP contribution in [0.4, 0.5) is 20.2 Å². The number of carbonyl (C=O) groups is 2. The molecular weight excluding hydrogens is 358 g/mol. The molecule has 0 heterocycles. The Morgan fingerprint density at radius 1 is 1.07 bits per heavy atom. The number of rotatable bonds is 9. The zero-order chi connectivity index (χ0) is 19.6. The third-order valence-electron chi connectivity index (χ3n) is 3.39. The van der Waals surface area contributed by atoms with Gasteiger partial charge in [-0.05, 0) is 42.8 Å². The molecule has 0 bridgehead atoms. The lowest BCUT2D eigenvalue weighted by Gasteiger charge is -2.12. The first-order valence-corrected chi connectivity index (χ1v) is 8.34. The van der Waals surface area contributed by atoms with Gasteiger partial charge in [-0.3, -0.25) is 4.79 Å². The van der Waals surface area contributed by atoms with E-state index in [0.29, 0.717) is 17.9 Å². The maximum Gasteiger partial charge on any atom is 0.387 e. The molecule has 6 nitrogen and oxygen atoms in total. The van der Waals surface area contributed by atoms with Gasteiger partial charge in [0.25, 0.3) is 0 Å². The van der Waals surface area contributed by atoms with Gasteiger partial charge in [-0.25, -0.2) is 4.79 Å². The first-order chi connectivity index (χ1) is 13.0. The lowest BCUT2D eigenvalue weighted by molar-refractivity contribution is -0.114. The van der Waals surface area contributed by atoms with Gasteiger partial charge in [0.1, 0.15) is 5.75 Å². The zero-order valence-electron chi connectivity index (χ0n) is 14.7. The number of halogens is 2. The van der Waals surface area contributed by atoms with Crippen molar-refractivity contribution in [3.05, 3.63) is 54.1 Å². The van der Waals surface area contributed by atoms with E-state index in [-0.39, 0.29) is 18.0 Å². The molecule has 144 valence electrons. The van der Waals surface area contributed by atoms with E-state index in [1.54, 1.807) is 30.3 Å². The van der Waals surface area contributed by atoms with Crippen molar-refractivity contribution in [2.24, 2.45) is 0 Å². The van der Waals surface area contributed by atoms with E-state index >= 15 is 0 Å². The van der Waals surface area contributed by atoms with Crippen LogP contribution in [0.3, 0.4) is 0 Å². The van der Waals surface area contributed by atoms with Crippen LogP contribution in [0.5, 0.6) is 5.75 Å². The summed E-state index contributed by atoms with van der Waals surface area (Å²) in [7, 11) is 0. The van der Waals surface area contributed by atoms with Crippen LogP contribution in [0.25, 0.3) is 0 Å². The van der Waals surface area contributed by atoms with Gasteiger partial charge in [0.15, 0.2) is 0 Å². The van der Waals surface area contributed by atoms with Gasteiger partial charge in [-0.1, -0.05) is 19.1 Å². The van der Waals surface area contributed by atoms with Crippen molar-refractivity contribution in [2.75, 3.05) is 23.8 Å². The van der Waals surface area contributed by atoms with Gasteiger partial charge in [0.05, 0.1) is 24.4 Å². The van der Waals surface area contributed by atoms with E-state index in [2.05, 4.69) is 15.4 Å². The average Bonchev–Trinajstić information content (AvgIpc) is 2.66. The Morgan fingerprint density at radius 3 is 2.44 bits per heavy atom. The third kappa shape index (κ3) is 6.58. The second-order valence-corrected chi connectivity index (χ2v) is 5.49. The van der Waals surface area contributed by atoms with Crippen LogP contribution in [0, 0.1) is 0 Å². The number of esters is 1. The van der Waals surface area contributed by atoms with Crippen LogP contribution in [-0.2, 0) is 9.53 Å². The quantitative estimate of drug-likeness (QED) is 0.647. The second kappa shape index (κ2) is 10.1. The van der Waals surface area contributed by atoms with Crippen LogP contribution in [0.2, 0.25) is 0 Å². The summed E-state index contributed by atoms with van der Waals surface area (Å²) in [5.41, 5.74) is 1.18.